The summed E-state index contributed by atoms with van der Waals surface area (Å²) in [5, 5.41) is 2.93. The molecule has 0 radical (unpaired) electrons. The molecule has 2 heterocycles. The summed E-state index contributed by atoms with van der Waals surface area (Å²) in [6, 6.07) is 4.10. The minimum Gasteiger partial charge on any atom is -0.363 e. The predicted octanol–water partition coefficient (Wildman–Crippen LogP) is 2.14. The zero-order valence-electron chi connectivity index (χ0n) is 9.90. The molecule has 18 heavy (non-hydrogen) atoms. The van der Waals surface area contributed by atoms with E-state index in [2.05, 4.69) is 33.7 Å². The average molecular weight is 267 g/mol. The van der Waals surface area contributed by atoms with Crippen molar-refractivity contribution < 1.29 is 4.39 Å². The molecule has 0 aromatic carbocycles. The molecular formula is C11H14FN5S. The highest BCUT2D eigenvalue weighted by atomic mass is 32.1. The van der Waals surface area contributed by atoms with Gasteiger partial charge in [-0.3, -0.25) is 5.43 Å². The van der Waals surface area contributed by atoms with Crippen LogP contribution < -0.4 is 16.6 Å². The second-order valence-corrected chi connectivity index (χ2v) is 4.86. The lowest BCUT2D eigenvalue weighted by Gasteiger charge is -2.06. The van der Waals surface area contributed by atoms with Crippen molar-refractivity contribution in [3.05, 3.63) is 33.9 Å². The van der Waals surface area contributed by atoms with E-state index in [1.807, 2.05) is 6.07 Å². The predicted molar refractivity (Wildman–Crippen MR) is 70.8 cm³/mol. The molecule has 7 heteroatoms. The van der Waals surface area contributed by atoms with Gasteiger partial charge in [-0.05, 0) is 18.6 Å². The van der Waals surface area contributed by atoms with E-state index in [0.29, 0.717) is 6.54 Å². The van der Waals surface area contributed by atoms with Gasteiger partial charge in [-0.25, -0.2) is 15.2 Å². The first-order valence-electron chi connectivity index (χ1n) is 5.53. The summed E-state index contributed by atoms with van der Waals surface area (Å²) in [6.45, 7) is 2.63. The Balaban J connectivity index is 2.05. The number of thiophene rings is 1. The Morgan fingerprint density at radius 1 is 1.39 bits per heavy atom. The highest BCUT2D eigenvalue weighted by Gasteiger charge is 2.06. The van der Waals surface area contributed by atoms with Crippen LogP contribution in [0.15, 0.2) is 18.3 Å². The molecule has 0 saturated heterocycles. The van der Waals surface area contributed by atoms with E-state index in [0.717, 1.165) is 17.5 Å². The number of nitrogens with two attached hydrogens (primary N) is 1. The van der Waals surface area contributed by atoms with Gasteiger partial charge in [0.2, 0.25) is 5.95 Å². The second-order valence-electron chi connectivity index (χ2n) is 3.61. The molecule has 0 aliphatic heterocycles. The molecule has 0 atom stereocenters. The van der Waals surface area contributed by atoms with Gasteiger partial charge in [-0.15, -0.1) is 11.3 Å². The van der Waals surface area contributed by atoms with Crippen LogP contribution in [-0.2, 0) is 13.0 Å². The fraction of sp³-hybridized carbons (Fsp3) is 0.273. The Morgan fingerprint density at radius 3 is 2.83 bits per heavy atom. The number of hydrogen-bond donors (Lipinski definition) is 3. The maximum Gasteiger partial charge on any atom is 0.239 e. The summed E-state index contributed by atoms with van der Waals surface area (Å²) in [5.41, 5.74) is 2.28. The largest absolute Gasteiger partial charge is 0.363 e. The molecule has 4 N–H and O–H groups in total. The third-order valence-corrected chi connectivity index (χ3v) is 3.60. The molecule has 0 bridgehead atoms. The molecule has 5 nitrogen and oxygen atoms in total. The molecule has 0 spiro atoms. The lowest BCUT2D eigenvalue weighted by Crippen LogP contribution is -2.12. The molecule has 2 rings (SSSR count). The third kappa shape index (κ3) is 2.93. The molecule has 0 aliphatic carbocycles. The number of nitrogen functional groups attached to an aromatic ring is 1. The maximum absolute atomic E-state index is 13.4. The number of aryl methyl sites for hydroxylation is 1. The van der Waals surface area contributed by atoms with Crippen LogP contribution >= 0.6 is 11.3 Å². The summed E-state index contributed by atoms with van der Waals surface area (Å²) in [5.74, 6) is 5.00. The number of nitrogens with zero attached hydrogens (tertiary/aromatic N) is 2. The van der Waals surface area contributed by atoms with Crippen molar-refractivity contribution in [1.82, 2.24) is 9.97 Å². The Kier molecular flexibility index (Phi) is 4.06. The van der Waals surface area contributed by atoms with E-state index in [1.54, 1.807) is 11.3 Å². The van der Waals surface area contributed by atoms with Crippen molar-refractivity contribution >= 4 is 23.1 Å². The molecule has 0 fully saturated rings. The lowest BCUT2D eigenvalue weighted by molar-refractivity contribution is 0.617. The van der Waals surface area contributed by atoms with Gasteiger partial charge in [0.25, 0.3) is 0 Å². The van der Waals surface area contributed by atoms with E-state index >= 15 is 0 Å². The van der Waals surface area contributed by atoms with Gasteiger partial charge in [0.15, 0.2) is 11.6 Å². The zero-order valence-corrected chi connectivity index (χ0v) is 10.7. The first kappa shape index (κ1) is 12.7. The lowest BCUT2D eigenvalue weighted by atomic mass is 10.3. The topological polar surface area (TPSA) is 75.9 Å². The van der Waals surface area contributed by atoms with Gasteiger partial charge in [0.1, 0.15) is 0 Å². The van der Waals surface area contributed by atoms with Crippen molar-refractivity contribution in [2.45, 2.75) is 19.9 Å². The standard InChI is InChI=1S/C11H14FN5S/c1-2-7-3-4-8(18-7)5-14-10-9(12)6-15-11(16-10)17-13/h3-4,6H,2,5,13H2,1H3,(H2,14,15,16,17). The van der Waals surface area contributed by atoms with Gasteiger partial charge < -0.3 is 5.32 Å². The number of rotatable bonds is 5. The minimum absolute atomic E-state index is 0.143. The van der Waals surface area contributed by atoms with Crippen molar-refractivity contribution in [3.63, 3.8) is 0 Å². The van der Waals surface area contributed by atoms with E-state index in [9.17, 15) is 4.39 Å². The van der Waals surface area contributed by atoms with Crippen LogP contribution in [0.25, 0.3) is 0 Å². The number of anilines is 2. The summed E-state index contributed by atoms with van der Waals surface area (Å²) >= 11 is 1.70. The van der Waals surface area contributed by atoms with Crippen LogP contribution in [0.1, 0.15) is 16.7 Å². The van der Waals surface area contributed by atoms with Crippen LogP contribution in [0.5, 0.6) is 0 Å². The highest BCUT2D eigenvalue weighted by Crippen LogP contribution is 2.19. The van der Waals surface area contributed by atoms with Crippen molar-refractivity contribution in [1.29, 1.82) is 0 Å². The first-order chi connectivity index (χ1) is 8.72. The number of aromatic nitrogens is 2. The molecule has 0 saturated carbocycles. The normalized spacial score (nSPS) is 10.4. The molecule has 2 aromatic heterocycles. The van der Waals surface area contributed by atoms with Crippen molar-refractivity contribution in [3.8, 4) is 0 Å². The summed E-state index contributed by atoms with van der Waals surface area (Å²) in [7, 11) is 0. The van der Waals surface area contributed by atoms with E-state index in [1.165, 1.54) is 4.88 Å². The average Bonchev–Trinajstić information content (AvgIpc) is 2.86. The number of nitrogens with one attached hydrogen (secondary N) is 2. The molecule has 0 aliphatic rings. The zero-order chi connectivity index (χ0) is 13.0. The quantitative estimate of drug-likeness (QED) is 0.571. The van der Waals surface area contributed by atoms with E-state index in [4.69, 9.17) is 5.84 Å². The minimum atomic E-state index is -0.499. The van der Waals surface area contributed by atoms with Crippen LogP contribution in [0.3, 0.4) is 0 Å². The van der Waals surface area contributed by atoms with E-state index < -0.39 is 5.82 Å². The van der Waals surface area contributed by atoms with Gasteiger partial charge in [0.05, 0.1) is 12.7 Å². The van der Waals surface area contributed by atoms with Crippen molar-refractivity contribution in [2.75, 3.05) is 10.7 Å². The number of hydrogen-bond acceptors (Lipinski definition) is 6. The Labute approximate surface area is 108 Å². The van der Waals surface area contributed by atoms with Crippen LogP contribution in [-0.4, -0.2) is 9.97 Å². The molecular weight excluding hydrogens is 253 g/mol. The Hall–Kier alpha value is -1.73. The maximum atomic E-state index is 13.4. The molecule has 0 amide bonds. The smallest absolute Gasteiger partial charge is 0.239 e. The fourth-order valence-electron chi connectivity index (χ4n) is 1.44. The summed E-state index contributed by atoms with van der Waals surface area (Å²) < 4.78 is 13.4. The Bertz CT molecular complexity index is 528. The highest BCUT2D eigenvalue weighted by molar-refractivity contribution is 7.12. The second kappa shape index (κ2) is 5.74. The summed E-state index contributed by atoms with van der Waals surface area (Å²) in [6.07, 6.45) is 2.09. The third-order valence-electron chi connectivity index (χ3n) is 2.37. The van der Waals surface area contributed by atoms with E-state index in [-0.39, 0.29) is 11.8 Å². The van der Waals surface area contributed by atoms with Gasteiger partial charge in [-0.1, -0.05) is 6.92 Å². The molecule has 0 unspecified atom stereocenters. The number of halogens is 1. The molecule has 2 aromatic rings. The van der Waals surface area contributed by atoms with Gasteiger partial charge >= 0.3 is 0 Å². The van der Waals surface area contributed by atoms with Gasteiger partial charge in [-0.2, -0.15) is 4.98 Å². The number of hydrazine groups is 1. The van der Waals surface area contributed by atoms with Gasteiger partial charge in [0, 0.05) is 9.75 Å². The van der Waals surface area contributed by atoms with Crippen LogP contribution in [0, 0.1) is 5.82 Å². The van der Waals surface area contributed by atoms with Crippen LogP contribution in [0.2, 0.25) is 0 Å². The monoisotopic (exact) mass is 267 g/mol. The SMILES string of the molecule is CCc1ccc(CNc2nc(NN)ncc2F)s1. The summed E-state index contributed by atoms with van der Waals surface area (Å²) in [4.78, 5) is 10.0. The van der Waals surface area contributed by atoms with Crippen molar-refractivity contribution in [2.24, 2.45) is 5.84 Å². The van der Waals surface area contributed by atoms with Crippen LogP contribution in [0.4, 0.5) is 16.2 Å². The first-order valence-corrected chi connectivity index (χ1v) is 6.35. The fourth-order valence-corrected chi connectivity index (χ4v) is 2.34. The molecule has 96 valence electrons. The Morgan fingerprint density at radius 2 is 2.17 bits per heavy atom.